The normalized spacial score (nSPS) is 24.3. The lowest BCUT2D eigenvalue weighted by Crippen LogP contribution is -2.26. The Labute approximate surface area is 116 Å². The van der Waals surface area contributed by atoms with E-state index < -0.39 is 0 Å². The van der Waals surface area contributed by atoms with E-state index in [0.29, 0.717) is 0 Å². The van der Waals surface area contributed by atoms with Crippen LogP contribution >= 0.6 is 11.3 Å². The van der Waals surface area contributed by atoms with Gasteiger partial charge in [0.2, 0.25) is 0 Å². The van der Waals surface area contributed by atoms with E-state index in [9.17, 15) is 0 Å². The molecule has 0 spiro atoms. The molecule has 1 nitrogen and oxygen atoms in total. The maximum atomic E-state index is 3.63. The van der Waals surface area contributed by atoms with Crippen LogP contribution < -0.4 is 5.32 Å². The molecule has 0 unspecified atom stereocenters. The van der Waals surface area contributed by atoms with E-state index in [4.69, 9.17) is 0 Å². The van der Waals surface area contributed by atoms with Crippen LogP contribution in [0.15, 0.2) is 17.5 Å². The van der Waals surface area contributed by atoms with Gasteiger partial charge in [0.15, 0.2) is 0 Å². The van der Waals surface area contributed by atoms with Gasteiger partial charge in [-0.1, -0.05) is 45.1 Å². The first-order chi connectivity index (χ1) is 8.88. The van der Waals surface area contributed by atoms with Gasteiger partial charge < -0.3 is 5.32 Å². The fourth-order valence-electron chi connectivity index (χ4n) is 3.03. The van der Waals surface area contributed by atoms with Crippen LogP contribution in [0.4, 0.5) is 0 Å². The highest BCUT2D eigenvalue weighted by Crippen LogP contribution is 2.31. The number of hydrogen-bond donors (Lipinski definition) is 1. The molecule has 1 fully saturated rings. The van der Waals surface area contributed by atoms with Crippen LogP contribution in [0.2, 0.25) is 0 Å². The molecule has 18 heavy (non-hydrogen) atoms. The molecule has 1 aromatic heterocycles. The van der Waals surface area contributed by atoms with Crippen molar-refractivity contribution in [3.05, 3.63) is 22.4 Å². The molecule has 1 N–H and O–H groups in total. The van der Waals surface area contributed by atoms with Crippen LogP contribution in [-0.4, -0.2) is 6.54 Å². The second kappa shape index (κ2) is 7.96. The number of rotatable bonds is 7. The van der Waals surface area contributed by atoms with Crippen LogP contribution in [0.5, 0.6) is 0 Å². The average molecular weight is 265 g/mol. The van der Waals surface area contributed by atoms with Crippen molar-refractivity contribution in [2.75, 3.05) is 6.54 Å². The Morgan fingerprint density at radius 1 is 1.22 bits per heavy atom. The number of nitrogens with one attached hydrogen (secondary N) is 1. The van der Waals surface area contributed by atoms with Gasteiger partial charge in [-0.25, -0.2) is 0 Å². The Bertz CT molecular complexity index is 299. The van der Waals surface area contributed by atoms with Gasteiger partial charge in [0.25, 0.3) is 0 Å². The zero-order chi connectivity index (χ0) is 12.6. The van der Waals surface area contributed by atoms with E-state index >= 15 is 0 Å². The fraction of sp³-hybridized carbons (Fsp3) is 0.750. The molecule has 0 saturated heterocycles. The monoisotopic (exact) mass is 265 g/mol. The Kier molecular flexibility index (Phi) is 6.22. The second-order valence-corrected chi connectivity index (χ2v) is 6.77. The molecule has 102 valence electrons. The maximum Gasteiger partial charge on any atom is 0.0299 e. The molecule has 0 radical (unpaired) electrons. The van der Waals surface area contributed by atoms with E-state index in [0.717, 1.165) is 18.4 Å². The van der Waals surface area contributed by atoms with Crippen molar-refractivity contribution in [1.82, 2.24) is 5.32 Å². The summed E-state index contributed by atoms with van der Waals surface area (Å²) in [7, 11) is 0. The summed E-state index contributed by atoms with van der Waals surface area (Å²) in [6, 6.07) is 4.36. The SMILES string of the molecule is CCCCC1CCC(CNCc2cccs2)CC1. The van der Waals surface area contributed by atoms with E-state index in [2.05, 4.69) is 29.8 Å². The summed E-state index contributed by atoms with van der Waals surface area (Å²) in [5.74, 6) is 1.97. The molecular formula is C16H27NS. The van der Waals surface area contributed by atoms with E-state index in [1.165, 1.54) is 56.4 Å². The molecule has 0 aromatic carbocycles. The van der Waals surface area contributed by atoms with Gasteiger partial charge in [-0.2, -0.15) is 0 Å². The minimum Gasteiger partial charge on any atom is -0.312 e. The van der Waals surface area contributed by atoms with Crippen LogP contribution in [0.3, 0.4) is 0 Å². The van der Waals surface area contributed by atoms with Gasteiger partial charge in [-0.3, -0.25) is 0 Å². The molecule has 1 aromatic rings. The predicted octanol–water partition coefficient (Wildman–Crippen LogP) is 4.83. The third kappa shape index (κ3) is 4.74. The van der Waals surface area contributed by atoms with Crippen molar-refractivity contribution in [3.8, 4) is 0 Å². The molecule has 0 atom stereocenters. The van der Waals surface area contributed by atoms with Gasteiger partial charge in [-0.05, 0) is 42.7 Å². The zero-order valence-electron chi connectivity index (χ0n) is 11.7. The average Bonchev–Trinajstić information content (AvgIpc) is 2.91. The largest absolute Gasteiger partial charge is 0.312 e. The molecule has 0 bridgehead atoms. The molecule has 1 aliphatic rings. The number of unbranched alkanes of at least 4 members (excludes halogenated alkanes) is 1. The molecule has 1 saturated carbocycles. The zero-order valence-corrected chi connectivity index (χ0v) is 12.5. The summed E-state index contributed by atoms with van der Waals surface area (Å²) >= 11 is 1.86. The van der Waals surface area contributed by atoms with E-state index in [1.54, 1.807) is 0 Å². The van der Waals surface area contributed by atoms with Gasteiger partial charge in [-0.15, -0.1) is 11.3 Å². The summed E-state index contributed by atoms with van der Waals surface area (Å²) in [6.45, 7) is 4.59. The lowest BCUT2D eigenvalue weighted by Gasteiger charge is -2.28. The summed E-state index contributed by atoms with van der Waals surface area (Å²) in [5.41, 5.74) is 0. The third-order valence-electron chi connectivity index (χ3n) is 4.24. The van der Waals surface area contributed by atoms with Gasteiger partial charge in [0, 0.05) is 11.4 Å². The maximum absolute atomic E-state index is 3.63. The second-order valence-electron chi connectivity index (χ2n) is 5.74. The van der Waals surface area contributed by atoms with Crippen molar-refractivity contribution in [1.29, 1.82) is 0 Å². The van der Waals surface area contributed by atoms with Crippen LogP contribution in [0, 0.1) is 11.8 Å². The van der Waals surface area contributed by atoms with Crippen molar-refractivity contribution >= 4 is 11.3 Å². The van der Waals surface area contributed by atoms with Crippen molar-refractivity contribution < 1.29 is 0 Å². The van der Waals surface area contributed by atoms with Gasteiger partial charge in [0.05, 0.1) is 0 Å². The minimum absolute atomic E-state index is 0.933. The standard InChI is InChI=1S/C16H27NS/c1-2-3-5-14-7-9-15(10-8-14)12-17-13-16-6-4-11-18-16/h4,6,11,14-15,17H,2-3,5,7-10,12-13H2,1H3. The number of thiophene rings is 1. The molecular weight excluding hydrogens is 238 g/mol. The summed E-state index contributed by atoms with van der Waals surface area (Å²) in [5, 5.41) is 5.79. The first kappa shape index (κ1) is 14.1. The highest BCUT2D eigenvalue weighted by molar-refractivity contribution is 7.09. The highest BCUT2D eigenvalue weighted by atomic mass is 32.1. The van der Waals surface area contributed by atoms with Gasteiger partial charge >= 0.3 is 0 Å². The Morgan fingerprint density at radius 3 is 2.67 bits per heavy atom. The van der Waals surface area contributed by atoms with Crippen LogP contribution in [0.25, 0.3) is 0 Å². The summed E-state index contributed by atoms with van der Waals surface area (Å²) in [6.07, 6.45) is 10.1. The minimum atomic E-state index is 0.933. The Morgan fingerprint density at radius 2 is 2.00 bits per heavy atom. The van der Waals surface area contributed by atoms with Crippen LogP contribution in [0.1, 0.15) is 56.7 Å². The highest BCUT2D eigenvalue weighted by Gasteiger charge is 2.20. The molecule has 1 heterocycles. The molecule has 0 amide bonds. The summed E-state index contributed by atoms with van der Waals surface area (Å²) in [4.78, 5) is 1.46. The molecule has 1 aliphatic carbocycles. The molecule has 2 rings (SSSR count). The fourth-order valence-corrected chi connectivity index (χ4v) is 3.70. The molecule has 0 aliphatic heterocycles. The summed E-state index contributed by atoms with van der Waals surface area (Å²) < 4.78 is 0. The quantitative estimate of drug-likeness (QED) is 0.744. The van der Waals surface area contributed by atoms with Gasteiger partial charge in [0.1, 0.15) is 0 Å². The van der Waals surface area contributed by atoms with Crippen molar-refractivity contribution in [2.45, 2.75) is 58.4 Å². The predicted molar refractivity (Wildman–Crippen MR) is 81.0 cm³/mol. The smallest absolute Gasteiger partial charge is 0.0299 e. The molecule has 2 heteroatoms. The third-order valence-corrected chi connectivity index (χ3v) is 5.12. The van der Waals surface area contributed by atoms with Crippen LogP contribution in [-0.2, 0) is 6.54 Å². The topological polar surface area (TPSA) is 12.0 Å². The Hall–Kier alpha value is -0.340. The Balaban J connectivity index is 1.56. The first-order valence-corrected chi connectivity index (χ1v) is 8.49. The van der Waals surface area contributed by atoms with Crippen molar-refractivity contribution in [3.63, 3.8) is 0 Å². The van der Waals surface area contributed by atoms with E-state index in [-0.39, 0.29) is 0 Å². The van der Waals surface area contributed by atoms with Crippen molar-refractivity contribution in [2.24, 2.45) is 11.8 Å². The number of hydrogen-bond acceptors (Lipinski definition) is 2. The van der Waals surface area contributed by atoms with E-state index in [1.807, 2.05) is 11.3 Å². The lowest BCUT2D eigenvalue weighted by molar-refractivity contribution is 0.253. The lowest BCUT2D eigenvalue weighted by atomic mass is 9.80. The first-order valence-electron chi connectivity index (χ1n) is 7.61.